The molecule has 2 rings (SSSR count). The van der Waals surface area contributed by atoms with Crippen molar-refractivity contribution in [1.29, 1.82) is 0 Å². The minimum absolute atomic E-state index is 0.00636. The highest BCUT2D eigenvalue weighted by Crippen LogP contribution is 2.21. The summed E-state index contributed by atoms with van der Waals surface area (Å²) in [5.74, 6) is -0.828. The van der Waals surface area contributed by atoms with Crippen LogP contribution in [0, 0.1) is 10.1 Å². The Morgan fingerprint density at radius 1 is 1.14 bits per heavy atom. The molecule has 114 valence electrons. The van der Waals surface area contributed by atoms with Crippen LogP contribution in [0.15, 0.2) is 40.2 Å². The first-order valence-electron chi connectivity index (χ1n) is 6.03. The van der Waals surface area contributed by atoms with E-state index >= 15 is 0 Å². The molecule has 7 nitrogen and oxygen atoms in total. The highest BCUT2D eigenvalue weighted by Gasteiger charge is 2.11. The Hall–Kier alpha value is -2.26. The molecule has 1 aromatic heterocycles. The summed E-state index contributed by atoms with van der Waals surface area (Å²) in [6.07, 6.45) is 0.00636. The molecule has 0 saturated carbocycles. The van der Waals surface area contributed by atoms with Crippen molar-refractivity contribution >= 4 is 44.8 Å². The standard InChI is InChI=1S/C13H10BrN3O4S/c14-11-6-5-10(22-11)13(19)16-15-12(18)7-8-1-3-9(4-2-8)17(20)21/h1-6H,7H2,(H,15,18)(H,16,19). The van der Waals surface area contributed by atoms with E-state index in [2.05, 4.69) is 26.8 Å². The number of hydrogen-bond acceptors (Lipinski definition) is 5. The quantitative estimate of drug-likeness (QED) is 0.625. The van der Waals surface area contributed by atoms with Crippen LogP contribution in [0.4, 0.5) is 5.69 Å². The fraction of sp³-hybridized carbons (Fsp3) is 0.0769. The average molecular weight is 384 g/mol. The van der Waals surface area contributed by atoms with Gasteiger partial charge in [-0.05, 0) is 33.6 Å². The number of carbonyl (C=O) groups excluding carboxylic acids is 2. The normalized spacial score (nSPS) is 10.0. The topological polar surface area (TPSA) is 101 Å². The summed E-state index contributed by atoms with van der Waals surface area (Å²) >= 11 is 4.49. The highest BCUT2D eigenvalue weighted by molar-refractivity contribution is 9.11. The van der Waals surface area contributed by atoms with Gasteiger partial charge in [0.25, 0.3) is 11.6 Å². The van der Waals surface area contributed by atoms with Gasteiger partial charge in [0, 0.05) is 12.1 Å². The molecule has 0 unspecified atom stereocenters. The van der Waals surface area contributed by atoms with Gasteiger partial charge in [0.2, 0.25) is 5.91 Å². The molecule has 2 aromatic rings. The molecule has 2 N–H and O–H groups in total. The number of nitrogens with one attached hydrogen (secondary N) is 2. The van der Waals surface area contributed by atoms with Crippen LogP contribution in [0.1, 0.15) is 15.2 Å². The number of non-ortho nitro benzene ring substituents is 1. The second-order valence-corrected chi connectivity index (χ2v) is 6.67. The molecule has 0 atom stereocenters. The zero-order valence-corrected chi connectivity index (χ0v) is 13.4. The lowest BCUT2D eigenvalue weighted by molar-refractivity contribution is -0.384. The lowest BCUT2D eigenvalue weighted by Crippen LogP contribution is -2.42. The zero-order valence-electron chi connectivity index (χ0n) is 11.0. The molecule has 0 bridgehead atoms. The fourth-order valence-corrected chi connectivity index (χ4v) is 2.87. The van der Waals surface area contributed by atoms with Gasteiger partial charge < -0.3 is 0 Å². The Bertz CT molecular complexity index is 714. The van der Waals surface area contributed by atoms with Crippen molar-refractivity contribution in [2.75, 3.05) is 0 Å². The number of nitro benzene ring substituents is 1. The number of rotatable bonds is 4. The summed E-state index contributed by atoms with van der Waals surface area (Å²) < 4.78 is 0.815. The van der Waals surface area contributed by atoms with E-state index in [1.807, 2.05) is 0 Å². The number of nitro groups is 1. The van der Waals surface area contributed by atoms with Crippen molar-refractivity contribution in [3.05, 3.63) is 60.7 Å². The Kier molecular flexibility index (Phi) is 5.23. The first kappa shape index (κ1) is 16.1. The Morgan fingerprint density at radius 3 is 2.36 bits per heavy atom. The van der Waals surface area contributed by atoms with Gasteiger partial charge in [0.1, 0.15) is 0 Å². The van der Waals surface area contributed by atoms with Crippen LogP contribution >= 0.6 is 27.3 Å². The third-order valence-electron chi connectivity index (χ3n) is 2.62. The predicted molar refractivity (Wildman–Crippen MR) is 84.4 cm³/mol. The summed E-state index contributed by atoms with van der Waals surface area (Å²) in [6, 6.07) is 9.01. The van der Waals surface area contributed by atoms with Crippen molar-refractivity contribution in [3.63, 3.8) is 0 Å². The van der Waals surface area contributed by atoms with Crippen molar-refractivity contribution in [1.82, 2.24) is 10.9 Å². The number of hydrogen-bond donors (Lipinski definition) is 2. The zero-order chi connectivity index (χ0) is 16.1. The first-order chi connectivity index (χ1) is 10.5. The van der Waals surface area contributed by atoms with E-state index in [1.54, 1.807) is 12.1 Å². The lowest BCUT2D eigenvalue weighted by atomic mass is 10.1. The van der Waals surface area contributed by atoms with Crippen molar-refractivity contribution < 1.29 is 14.5 Å². The number of carbonyl (C=O) groups is 2. The van der Waals surface area contributed by atoms with E-state index in [-0.39, 0.29) is 12.1 Å². The molecule has 0 radical (unpaired) electrons. The third kappa shape index (κ3) is 4.37. The van der Waals surface area contributed by atoms with Crippen LogP contribution in [0.2, 0.25) is 0 Å². The number of halogens is 1. The molecule has 0 saturated heterocycles. The molecular formula is C13H10BrN3O4S. The second-order valence-electron chi connectivity index (χ2n) is 4.21. The summed E-state index contributed by atoms with van der Waals surface area (Å²) in [4.78, 5) is 33.9. The van der Waals surface area contributed by atoms with E-state index in [0.717, 1.165) is 3.79 Å². The van der Waals surface area contributed by atoms with Gasteiger partial charge in [0.15, 0.2) is 0 Å². The van der Waals surface area contributed by atoms with Gasteiger partial charge in [-0.15, -0.1) is 11.3 Å². The molecule has 2 amide bonds. The Balaban J connectivity index is 1.85. The number of benzene rings is 1. The van der Waals surface area contributed by atoms with E-state index in [9.17, 15) is 19.7 Å². The van der Waals surface area contributed by atoms with E-state index in [4.69, 9.17) is 0 Å². The smallest absolute Gasteiger partial charge is 0.273 e. The van der Waals surface area contributed by atoms with Gasteiger partial charge in [-0.25, -0.2) is 0 Å². The maximum absolute atomic E-state index is 11.7. The van der Waals surface area contributed by atoms with Gasteiger partial charge in [-0.1, -0.05) is 12.1 Å². The predicted octanol–water partition coefficient (Wildman–Crippen LogP) is 2.42. The molecule has 0 fully saturated rings. The van der Waals surface area contributed by atoms with Crippen LogP contribution in [0.3, 0.4) is 0 Å². The maximum atomic E-state index is 11.7. The van der Waals surface area contributed by atoms with Crippen LogP contribution in [0.25, 0.3) is 0 Å². The third-order valence-corrected chi connectivity index (χ3v) is 4.25. The molecule has 0 aliphatic heterocycles. The van der Waals surface area contributed by atoms with E-state index < -0.39 is 16.7 Å². The minimum atomic E-state index is -0.511. The van der Waals surface area contributed by atoms with Crippen LogP contribution < -0.4 is 10.9 Å². The van der Waals surface area contributed by atoms with Crippen molar-refractivity contribution in [3.8, 4) is 0 Å². The average Bonchev–Trinajstić information content (AvgIpc) is 2.92. The van der Waals surface area contributed by atoms with Gasteiger partial charge in [-0.2, -0.15) is 0 Å². The van der Waals surface area contributed by atoms with Gasteiger partial charge in [-0.3, -0.25) is 30.6 Å². The number of amides is 2. The highest BCUT2D eigenvalue weighted by atomic mass is 79.9. The molecular weight excluding hydrogens is 374 g/mol. The molecule has 1 aromatic carbocycles. The summed E-state index contributed by atoms with van der Waals surface area (Å²) in [6.45, 7) is 0. The number of nitrogens with zero attached hydrogens (tertiary/aromatic N) is 1. The number of thiophene rings is 1. The second kappa shape index (κ2) is 7.14. The summed E-state index contributed by atoms with van der Waals surface area (Å²) in [5.41, 5.74) is 5.17. The van der Waals surface area contributed by atoms with Crippen molar-refractivity contribution in [2.45, 2.75) is 6.42 Å². The maximum Gasteiger partial charge on any atom is 0.279 e. The van der Waals surface area contributed by atoms with Crippen LogP contribution in [0.5, 0.6) is 0 Å². The van der Waals surface area contributed by atoms with Gasteiger partial charge >= 0.3 is 0 Å². The molecule has 1 heterocycles. The van der Waals surface area contributed by atoms with Crippen LogP contribution in [-0.2, 0) is 11.2 Å². The molecule has 22 heavy (non-hydrogen) atoms. The first-order valence-corrected chi connectivity index (χ1v) is 7.64. The SMILES string of the molecule is O=C(Cc1ccc([N+](=O)[O-])cc1)NNC(=O)c1ccc(Br)s1. The Labute approximate surface area is 137 Å². The van der Waals surface area contributed by atoms with E-state index in [0.29, 0.717) is 10.4 Å². The van der Waals surface area contributed by atoms with E-state index in [1.165, 1.54) is 35.6 Å². The lowest BCUT2D eigenvalue weighted by Gasteiger charge is -2.06. The van der Waals surface area contributed by atoms with Gasteiger partial charge in [0.05, 0.1) is 20.0 Å². The molecule has 0 spiro atoms. The molecule has 0 aliphatic carbocycles. The van der Waals surface area contributed by atoms with Crippen molar-refractivity contribution in [2.24, 2.45) is 0 Å². The Morgan fingerprint density at radius 2 is 1.82 bits per heavy atom. The monoisotopic (exact) mass is 383 g/mol. The molecule has 0 aliphatic rings. The molecule has 9 heteroatoms. The summed E-state index contributed by atoms with van der Waals surface area (Å²) in [5, 5.41) is 10.5. The van der Waals surface area contributed by atoms with Crippen LogP contribution in [-0.4, -0.2) is 16.7 Å². The largest absolute Gasteiger partial charge is 0.279 e. The fourth-order valence-electron chi connectivity index (χ4n) is 1.59. The minimum Gasteiger partial charge on any atom is -0.273 e. The summed E-state index contributed by atoms with van der Waals surface area (Å²) in [7, 11) is 0. The number of hydrazine groups is 1.